The Kier molecular flexibility index (Phi) is 4.60. The molecule has 2 aliphatic heterocycles. The van der Waals surface area contributed by atoms with Crippen molar-refractivity contribution in [1.29, 1.82) is 0 Å². The lowest BCUT2D eigenvalue weighted by molar-refractivity contribution is -0.149. The second kappa shape index (κ2) is 6.36. The van der Waals surface area contributed by atoms with Gasteiger partial charge >= 0.3 is 5.97 Å². The first-order valence-corrected chi connectivity index (χ1v) is 8.05. The molecule has 2 aliphatic rings. The van der Waals surface area contributed by atoms with Crippen molar-refractivity contribution in [3.05, 3.63) is 34.6 Å². The van der Waals surface area contributed by atoms with Crippen LogP contribution in [0.4, 0.5) is 4.39 Å². The third-order valence-corrected chi connectivity index (χ3v) is 5.23. The van der Waals surface area contributed by atoms with Gasteiger partial charge in [0.15, 0.2) is 0 Å². The van der Waals surface area contributed by atoms with E-state index in [0.29, 0.717) is 49.9 Å². The highest BCUT2D eigenvalue weighted by atomic mass is 35.5. The Hall–Kier alpha value is -1.21. The Balaban J connectivity index is 1.74. The van der Waals surface area contributed by atoms with E-state index in [1.165, 1.54) is 12.1 Å². The third-order valence-electron chi connectivity index (χ3n) is 4.99. The van der Waals surface area contributed by atoms with E-state index in [-0.39, 0.29) is 18.3 Å². The molecule has 0 unspecified atom stereocenters. The number of halogens is 2. The zero-order valence-corrected chi connectivity index (χ0v) is 13.5. The molecule has 0 aliphatic carbocycles. The standard InChI is InChI=1S/C16H20ClFN2O3/c17-13-1-2-14(18)11(5-13)6-20-8-12-7-19(3-4-21)9-16(12,10-20)15(22)23/h1-2,5,12,21H,3-4,6-10H2,(H,22,23)/t12-,16-/m1/s1. The van der Waals surface area contributed by atoms with Gasteiger partial charge in [-0.25, -0.2) is 4.39 Å². The molecule has 0 bridgehead atoms. The molecule has 0 aromatic heterocycles. The largest absolute Gasteiger partial charge is 0.481 e. The highest BCUT2D eigenvalue weighted by Crippen LogP contribution is 2.43. The molecule has 2 atom stereocenters. The zero-order chi connectivity index (χ0) is 16.6. The van der Waals surface area contributed by atoms with Crippen LogP contribution in [0.25, 0.3) is 0 Å². The number of β-amino-alcohol motifs (C(OH)–C–C–N with tert-alkyl or cyclic N) is 1. The summed E-state index contributed by atoms with van der Waals surface area (Å²) in [5, 5.41) is 19.3. The van der Waals surface area contributed by atoms with Crippen LogP contribution in [0, 0.1) is 17.2 Å². The first kappa shape index (κ1) is 16.6. The summed E-state index contributed by atoms with van der Waals surface area (Å²) in [6.45, 7) is 2.97. The van der Waals surface area contributed by atoms with Crippen LogP contribution >= 0.6 is 11.6 Å². The summed E-state index contributed by atoms with van der Waals surface area (Å²) in [4.78, 5) is 15.8. The molecule has 2 fully saturated rings. The SMILES string of the molecule is O=C(O)[C@@]12CN(CCO)C[C@@H]1CN(Cc1cc(Cl)ccc1F)C2. The molecule has 2 heterocycles. The van der Waals surface area contributed by atoms with Crippen molar-refractivity contribution < 1.29 is 19.4 Å². The molecule has 5 nitrogen and oxygen atoms in total. The number of carboxylic acid groups (broad SMARTS) is 1. The van der Waals surface area contributed by atoms with Gasteiger partial charge < -0.3 is 10.2 Å². The Bertz CT molecular complexity index is 615. The van der Waals surface area contributed by atoms with E-state index < -0.39 is 11.4 Å². The summed E-state index contributed by atoms with van der Waals surface area (Å²) in [7, 11) is 0. The van der Waals surface area contributed by atoms with Crippen LogP contribution in [-0.2, 0) is 11.3 Å². The minimum atomic E-state index is -0.829. The number of benzene rings is 1. The van der Waals surface area contributed by atoms with Crippen LogP contribution in [0.5, 0.6) is 0 Å². The predicted octanol–water partition coefficient (Wildman–Crippen LogP) is 1.29. The van der Waals surface area contributed by atoms with Gasteiger partial charge in [0.05, 0.1) is 12.0 Å². The fraction of sp³-hybridized carbons (Fsp3) is 0.562. The van der Waals surface area contributed by atoms with E-state index in [4.69, 9.17) is 16.7 Å². The van der Waals surface area contributed by atoms with E-state index >= 15 is 0 Å². The van der Waals surface area contributed by atoms with E-state index in [2.05, 4.69) is 0 Å². The first-order valence-electron chi connectivity index (χ1n) is 7.67. The molecule has 3 rings (SSSR count). The molecule has 2 N–H and O–H groups in total. The zero-order valence-electron chi connectivity index (χ0n) is 12.7. The van der Waals surface area contributed by atoms with Crippen molar-refractivity contribution in [3.8, 4) is 0 Å². The van der Waals surface area contributed by atoms with Crippen molar-refractivity contribution in [1.82, 2.24) is 9.80 Å². The molecule has 23 heavy (non-hydrogen) atoms. The predicted molar refractivity (Wildman–Crippen MR) is 83.8 cm³/mol. The van der Waals surface area contributed by atoms with Crippen LogP contribution in [0.2, 0.25) is 5.02 Å². The lowest BCUT2D eigenvalue weighted by Gasteiger charge is -2.25. The molecule has 0 spiro atoms. The lowest BCUT2D eigenvalue weighted by Crippen LogP contribution is -2.41. The number of hydrogen-bond donors (Lipinski definition) is 2. The van der Waals surface area contributed by atoms with Gasteiger partial charge in [-0.3, -0.25) is 14.6 Å². The van der Waals surface area contributed by atoms with Crippen molar-refractivity contribution in [3.63, 3.8) is 0 Å². The van der Waals surface area contributed by atoms with Gasteiger partial charge in [0.1, 0.15) is 5.82 Å². The number of aliphatic hydroxyl groups excluding tert-OH is 1. The number of nitrogens with zero attached hydrogens (tertiary/aromatic N) is 2. The summed E-state index contributed by atoms with van der Waals surface area (Å²) in [6.07, 6.45) is 0. The van der Waals surface area contributed by atoms with Gasteiger partial charge in [-0.15, -0.1) is 0 Å². The number of aliphatic carboxylic acids is 1. The Labute approximate surface area is 139 Å². The van der Waals surface area contributed by atoms with Crippen molar-refractivity contribution in [2.45, 2.75) is 6.54 Å². The van der Waals surface area contributed by atoms with Gasteiger partial charge in [0.25, 0.3) is 0 Å². The van der Waals surface area contributed by atoms with Crippen molar-refractivity contribution in [2.24, 2.45) is 11.3 Å². The van der Waals surface area contributed by atoms with Crippen LogP contribution in [0.3, 0.4) is 0 Å². The molecular weight excluding hydrogens is 323 g/mol. The van der Waals surface area contributed by atoms with Crippen LogP contribution in [0.1, 0.15) is 5.56 Å². The highest BCUT2D eigenvalue weighted by Gasteiger charge is 2.57. The fourth-order valence-electron chi connectivity index (χ4n) is 3.91. The van der Waals surface area contributed by atoms with E-state index in [0.717, 1.165) is 0 Å². The minimum Gasteiger partial charge on any atom is -0.481 e. The Morgan fingerprint density at radius 1 is 1.35 bits per heavy atom. The molecule has 0 saturated carbocycles. The van der Waals surface area contributed by atoms with Crippen molar-refractivity contribution in [2.75, 3.05) is 39.3 Å². The average Bonchev–Trinajstić information content (AvgIpc) is 2.97. The summed E-state index contributed by atoms with van der Waals surface area (Å²) in [6, 6.07) is 4.44. The van der Waals surface area contributed by atoms with Gasteiger partial charge in [-0.1, -0.05) is 11.6 Å². The van der Waals surface area contributed by atoms with E-state index in [1.54, 1.807) is 6.07 Å². The average molecular weight is 343 g/mol. The van der Waals surface area contributed by atoms with Crippen LogP contribution in [0.15, 0.2) is 18.2 Å². The van der Waals surface area contributed by atoms with Gasteiger partial charge in [-0.05, 0) is 18.2 Å². The minimum absolute atomic E-state index is 0.00574. The summed E-state index contributed by atoms with van der Waals surface area (Å²) in [5.41, 5.74) is -0.338. The fourth-order valence-corrected chi connectivity index (χ4v) is 4.11. The number of likely N-dealkylation sites (tertiary alicyclic amines) is 2. The van der Waals surface area contributed by atoms with Crippen molar-refractivity contribution >= 4 is 17.6 Å². The summed E-state index contributed by atoms with van der Waals surface area (Å²) < 4.78 is 13.9. The molecule has 0 amide bonds. The first-order chi connectivity index (χ1) is 10.9. The summed E-state index contributed by atoms with van der Waals surface area (Å²) >= 11 is 5.92. The molecule has 126 valence electrons. The van der Waals surface area contributed by atoms with Crippen LogP contribution < -0.4 is 0 Å². The quantitative estimate of drug-likeness (QED) is 0.844. The topological polar surface area (TPSA) is 64.0 Å². The number of hydrogen-bond acceptors (Lipinski definition) is 4. The molecule has 1 aromatic rings. The molecule has 0 radical (unpaired) electrons. The maximum Gasteiger partial charge on any atom is 0.312 e. The highest BCUT2D eigenvalue weighted by molar-refractivity contribution is 6.30. The molecule has 7 heteroatoms. The smallest absolute Gasteiger partial charge is 0.312 e. The lowest BCUT2D eigenvalue weighted by atomic mass is 9.81. The third kappa shape index (κ3) is 3.08. The summed E-state index contributed by atoms with van der Waals surface area (Å²) in [5.74, 6) is -1.14. The second-order valence-electron chi connectivity index (χ2n) is 6.52. The van der Waals surface area contributed by atoms with Gasteiger partial charge in [0.2, 0.25) is 0 Å². The van der Waals surface area contributed by atoms with E-state index in [1.807, 2.05) is 9.80 Å². The number of carboxylic acids is 1. The van der Waals surface area contributed by atoms with E-state index in [9.17, 15) is 14.3 Å². The molecular formula is C16H20ClFN2O3. The monoisotopic (exact) mass is 342 g/mol. The van der Waals surface area contributed by atoms with Gasteiger partial charge in [0, 0.05) is 55.8 Å². The Morgan fingerprint density at radius 2 is 2.04 bits per heavy atom. The molecule has 2 saturated heterocycles. The Morgan fingerprint density at radius 3 is 2.70 bits per heavy atom. The number of aliphatic hydroxyl groups is 1. The van der Waals surface area contributed by atoms with Gasteiger partial charge in [-0.2, -0.15) is 0 Å². The second-order valence-corrected chi connectivity index (χ2v) is 6.96. The molecule has 1 aromatic carbocycles. The number of carbonyl (C=O) groups is 1. The normalized spacial score (nSPS) is 28.2. The maximum atomic E-state index is 13.9. The van der Waals surface area contributed by atoms with Crippen LogP contribution in [-0.4, -0.2) is 65.3 Å². The maximum absolute atomic E-state index is 13.9. The number of fused-ring (bicyclic) bond motifs is 1. The number of rotatable bonds is 5.